The quantitative estimate of drug-likeness (QED) is 0.412. The molecule has 0 N–H and O–H groups in total. The lowest BCUT2D eigenvalue weighted by molar-refractivity contribution is 0.0526. The number of aryl methyl sites for hydroxylation is 1. The van der Waals surface area contributed by atoms with E-state index in [9.17, 15) is 18.0 Å². The Balaban J connectivity index is 1.88. The summed E-state index contributed by atoms with van der Waals surface area (Å²) in [5.41, 5.74) is 1.56. The van der Waals surface area contributed by atoms with Gasteiger partial charge in [-0.2, -0.15) is 9.30 Å². The Morgan fingerprint density at radius 2 is 1.74 bits per heavy atom. The monoisotopic (exact) mass is 503 g/mol. The molecule has 2 aromatic carbocycles. The number of amides is 1. The molecule has 1 amide bonds. The van der Waals surface area contributed by atoms with Crippen molar-refractivity contribution in [3.63, 3.8) is 0 Å². The molecule has 10 heteroatoms. The fourth-order valence-electron chi connectivity index (χ4n) is 3.43. The summed E-state index contributed by atoms with van der Waals surface area (Å²) in [6.07, 6.45) is 1.69. The molecule has 0 atom stereocenters. The maximum atomic E-state index is 12.9. The van der Waals surface area contributed by atoms with Crippen molar-refractivity contribution in [3.8, 4) is 0 Å². The molecule has 1 aromatic heterocycles. The third-order valence-electron chi connectivity index (χ3n) is 5.37. The van der Waals surface area contributed by atoms with Crippen LogP contribution in [0.1, 0.15) is 54.3 Å². The number of fused-ring (bicyclic) bond motifs is 1. The number of rotatable bonds is 9. The number of thiazole rings is 1. The zero-order chi connectivity index (χ0) is 24.9. The van der Waals surface area contributed by atoms with Crippen LogP contribution >= 0.6 is 11.3 Å². The number of benzene rings is 2. The lowest BCUT2D eigenvalue weighted by Crippen LogP contribution is -2.31. The maximum Gasteiger partial charge on any atom is 0.338 e. The van der Waals surface area contributed by atoms with Crippen molar-refractivity contribution >= 4 is 43.5 Å². The van der Waals surface area contributed by atoms with Crippen molar-refractivity contribution in [2.75, 3.05) is 19.7 Å². The van der Waals surface area contributed by atoms with Gasteiger partial charge in [-0.1, -0.05) is 31.6 Å². The van der Waals surface area contributed by atoms with E-state index in [4.69, 9.17) is 4.74 Å². The van der Waals surface area contributed by atoms with Crippen LogP contribution in [0.15, 0.2) is 52.4 Å². The van der Waals surface area contributed by atoms with E-state index in [1.807, 2.05) is 13.8 Å². The van der Waals surface area contributed by atoms with E-state index in [0.717, 1.165) is 23.1 Å². The molecule has 3 rings (SSSR count). The number of carbonyl (C=O) groups excluding carboxylic acids is 2. The van der Waals surface area contributed by atoms with Crippen LogP contribution in [0, 0.1) is 0 Å². The van der Waals surface area contributed by atoms with Gasteiger partial charge in [0.2, 0.25) is 10.0 Å². The Bertz CT molecular complexity index is 1360. The summed E-state index contributed by atoms with van der Waals surface area (Å²) < 4.78 is 34.8. The van der Waals surface area contributed by atoms with Crippen LogP contribution < -0.4 is 4.80 Å². The fraction of sp³-hybridized carbons (Fsp3) is 0.375. The number of esters is 1. The van der Waals surface area contributed by atoms with Gasteiger partial charge in [0.1, 0.15) is 0 Å². The smallest absolute Gasteiger partial charge is 0.338 e. The number of hydrogen-bond donors (Lipinski definition) is 0. The fourth-order valence-corrected chi connectivity index (χ4v) is 5.98. The molecule has 0 radical (unpaired) electrons. The maximum absolute atomic E-state index is 12.9. The van der Waals surface area contributed by atoms with E-state index in [2.05, 4.69) is 4.99 Å². The molecule has 0 aliphatic heterocycles. The Hall–Kier alpha value is -2.82. The molecule has 34 heavy (non-hydrogen) atoms. The first-order chi connectivity index (χ1) is 16.2. The highest BCUT2D eigenvalue weighted by molar-refractivity contribution is 7.89. The summed E-state index contributed by atoms with van der Waals surface area (Å²) in [6.45, 7) is 6.72. The largest absolute Gasteiger partial charge is 0.462 e. The molecule has 0 aliphatic rings. The standard InChI is InChI=1S/C24H29N3O5S2/c1-5-8-15-27(6-2)34(30,31)19-12-9-17(10-13-19)22(28)25-24-26(4)20-14-11-18(16-21(20)33-24)23(29)32-7-3/h9-14,16H,5-8,15H2,1-4H3. The zero-order valence-corrected chi connectivity index (χ0v) is 21.4. The van der Waals surface area contributed by atoms with E-state index >= 15 is 0 Å². The van der Waals surface area contributed by atoms with Crippen LogP contribution in [-0.4, -0.2) is 48.9 Å². The van der Waals surface area contributed by atoms with E-state index < -0.39 is 21.9 Å². The summed E-state index contributed by atoms with van der Waals surface area (Å²) in [4.78, 5) is 29.6. The summed E-state index contributed by atoms with van der Waals surface area (Å²) in [6, 6.07) is 11.1. The lowest BCUT2D eigenvalue weighted by Gasteiger charge is -2.20. The third kappa shape index (κ3) is 5.45. The molecule has 0 bridgehead atoms. The number of hydrogen-bond acceptors (Lipinski definition) is 6. The summed E-state index contributed by atoms with van der Waals surface area (Å²) in [7, 11) is -1.82. The second-order valence-corrected chi connectivity index (χ2v) is 10.6. The Morgan fingerprint density at radius 1 is 1.06 bits per heavy atom. The number of aromatic nitrogens is 1. The zero-order valence-electron chi connectivity index (χ0n) is 19.8. The van der Waals surface area contributed by atoms with Crippen LogP contribution in [0.4, 0.5) is 0 Å². The highest BCUT2D eigenvalue weighted by Gasteiger charge is 2.22. The minimum atomic E-state index is -3.61. The topological polar surface area (TPSA) is 98.0 Å². The number of ether oxygens (including phenoxy) is 1. The van der Waals surface area contributed by atoms with Crippen molar-refractivity contribution in [3.05, 3.63) is 58.4 Å². The molecule has 182 valence electrons. The molecule has 0 unspecified atom stereocenters. The Morgan fingerprint density at radius 3 is 2.35 bits per heavy atom. The predicted octanol–water partition coefficient (Wildman–Crippen LogP) is 3.97. The van der Waals surface area contributed by atoms with Crippen molar-refractivity contribution in [2.45, 2.75) is 38.5 Å². The van der Waals surface area contributed by atoms with E-state index in [-0.39, 0.29) is 4.90 Å². The van der Waals surface area contributed by atoms with E-state index in [1.165, 1.54) is 39.9 Å². The van der Waals surface area contributed by atoms with Gasteiger partial charge in [-0.3, -0.25) is 4.79 Å². The van der Waals surface area contributed by atoms with Gasteiger partial charge in [-0.25, -0.2) is 13.2 Å². The molecule has 0 saturated heterocycles. The van der Waals surface area contributed by atoms with Crippen LogP contribution in [-0.2, 0) is 21.8 Å². The molecular formula is C24H29N3O5S2. The van der Waals surface area contributed by atoms with Crippen molar-refractivity contribution in [1.82, 2.24) is 8.87 Å². The molecule has 8 nitrogen and oxygen atoms in total. The molecule has 0 spiro atoms. The van der Waals surface area contributed by atoms with E-state index in [1.54, 1.807) is 36.7 Å². The average molecular weight is 504 g/mol. The normalized spacial score (nSPS) is 12.4. The van der Waals surface area contributed by atoms with Crippen LogP contribution in [0.2, 0.25) is 0 Å². The minimum Gasteiger partial charge on any atom is -0.462 e. The average Bonchev–Trinajstić information content (AvgIpc) is 3.14. The van der Waals surface area contributed by atoms with Crippen molar-refractivity contribution < 1.29 is 22.7 Å². The molecule has 1 heterocycles. The first-order valence-corrected chi connectivity index (χ1v) is 13.4. The number of sulfonamides is 1. The van der Waals surface area contributed by atoms with Gasteiger partial charge >= 0.3 is 5.97 Å². The Kier molecular flexibility index (Phi) is 8.40. The first kappa shape index (κ1) is 25.8. The van der Waals surface area contributed by atoms with E-state index in [0.29, 0.717) is 35.6 Å². The van der Waals surface area contributed by atoms with Crippen molar-refractivity contribution in [1.29, 1.82) is 0 Å². The minimum absolute atomic E-state index is 0.154. The predicted molar refractivity (Wildman–Crippen MR) is 132 cm³/mol. The van der Waals surface area contributed by atoms with Gasteiger partial charge in [0, 0.05) is 25.7 Å². The van der Waals surface area contributed by atoms with Gasteiger partial charge in [0.05, 0.1) is 27.3 Å². The number of carbonyl (C=O) groups is 2. The SMILES string of the molecule is CCCCN(CC)S(=O)(=O)c1ccc(C(=O)N=c2sc3cc(C(=O)OCC)ccc3n2C)cc1. The second kappa shape index (κ2) is 11.1. The third-order valence-corrected chi connectivity index (χ3v) is 8.45. The van der Waals surface area contributed by atoms with Crippen LogP contribution in [0.3, 0.4) is 0 Å². The number of nitrogens with zero attached hydrogens (tertiary/aromatic N) is 3. The first-order valence-electron chi connectivity index (χ1n) is 11.2. The molecular weight excluding hydrogens is 474 g/mol. The highest BCUT2D eigenvalue weighted by Crippen LogP contribution is 2.20. The Labute approximate surface area is 203 Å². The number of unbranched alkanes of at least 4 members (excludes halogenated alkanes) is 1. The van der Waals surface area contributed by atoms with Crippen LogP contribution in [0.25, 0.3) is 10.2 Å². The molecule has 0 aliphatic carbocycles. The highest BCUT2D eigenvalue weighted by atomic mass is 32.2. The van der Waals surface area contributed by atoms with Gasteiger partial charge < -0.3 is 9.30 Å². The van der Waals surface area contributed by atoms with Gasteiger partial charge in [0.25, 0.3) is 5.91 Å². The summed E-state index contributed by atoms with van der Waals surface area (Å²) in [5.74, 6) is -0.878. The van der Waals surface area contributed by atoms with Gasteiger partial charge in [-0.05, 0) is 55.8 Å². The summed E-state index contributed by atoms with van der Waals surface area (Å²) >= 11 is 1.28. The molecule has 3 aromatic rings. The van der Waals surface area contributed by atoms with Gasteiger partial charge in [0.15, 0.2) is 4.80 Å². The van der Waals surface area contributed by atoms with Gasteiger partial charge in [-0.15, -0.1) is 0 Å². The molecule has 0 fully saturated rings. The van der Waals surface area contributed by atoms with Crippen LogP contribution in [0.5, 0.6) is 0 Å². The summed E-state index contributed by atoms with van der Waals surface area (Å²) in [5, 5.41) is 0. The molecule has 0 saturated carbocycles. The lowest BCUT2D eigenvalue weighted by atomic mass is 10.2. The van der Waals surface area contributed by atoms with Crippen molar-refractivity contribution in [2.24, 2.45) is 12.0 Å². The second-order valence-electron chi connectivity index (χ2n) is 7.64.